The number of carbonyl (C=O) groups excluding carboxylic acids is 1. The van der Waals surface area contributed by atoms with Gasteiger partial charge in [0.2, 0.25) is 5.91 Å². The van der Waals surface area contributed by atoms with Gasteiger partial charge in [-0.3, -0.25) is 9.59 Å². The number of hydrogen-bond donors (Lipinski definition) is 2. The molecule has 0 spiro atoms. The third-order valence-corrected chi connectivity index (χ3v) is 5.50. The average molecular weight is 355 g/mol. The maximum absolute atomic E-state index is 12.9. The van der Waals surface area contributed by atoms with Crippen LogP contribution < -0.4 is 10.9 Å². The van der Waals surface area contributed by atoms with Gasteiger partial charge in [0.05, 0.1) is 18.1 Å². The second-order valence-corrected chi connectivity index (χ2v) is 7.30. The number of H-pyrrole nitrogens is 1. The molecule has 2 fully saturated rings. The smallest absolute Gasteiger partial charge is 0.252 e. The molecule has 0 aliphatic carbocycles. The highest BCUT2D eigenvalue weighted by molar-refractivity contribution is 5.85. The summed E-state index contributed by atoms with van der Waals surface area (Å²) < 4.78 is 6.01. The first-order chi connectivity index (χ1) is 12.6. The lowest BCUT2D eigenvalue weighted by Crippen LogP contribution is -2.52. The minimum atomic E-state index is -0.448. The molecule has 26 heavy (non-hydrogen) atoms. The molecule has 2 aliphatic heterocycles. The number of nitrogens with zero attached hydrogens (tertiary/aromatic N) is 1. The number of ether oxygens (including phenoxy) is 1. The van der Waals surface area contributed by atoms with Gasteiger partial charge in [-0.25, -0.2) is 0 Å². The number of benzene rings is 1. The first-order valence-corrected chi connectivity index (χ1v) is 9.39. The number of pyridine rings is 1. The summed E-state index contributed by atoms with van der Waals surface area (Å²) in [5.74, 6) is -0.425. The van der Waals surface area contributed by atoms with E-state index < -0.39 is 5.92 Å². The molecular formula is C20H25N3O3. The molecule has 0 radical (unpaired) electrons. The third-order valence-electron chi connectivity index (χ3n) is 5.50. The number of nitrogens with one attached hydrogen (secondary N) is 2. The van der Waals surface area contributed by atoms with Crippen LogP contribution in [-0.4, -0.2) is 54.2 Å². The number of fused-ring (bicyclic) bond motifs is 1. The minimum Gasteiger partial charge on any atom is -0.372 e. The van der Waals surface area contributed by atoms with Crippen molar-refractivity contribution in [3.05, 3.63) is 46.2 Å². The first-order valence-electron chi connectivity index (χ1n) is 9.39. The molecule has 2 N–H and O–H groups in total. The van der Waals surface area contributed by atoms with Crippen LogP contribution in [0.25, 0.3) is 10.9 Å². The quantitative estimate of drug-likeness (QED) is 0.874. The standard InChI is InChI=1S/C20H25N3O3/c1-13(17-10-14-4-2-3-5-18(14)22-19(17)24)20(25)23-8-6-15(7-9-23)26-16-11-21-12-16/h2-5,10,13,15-16,21H,6-9,11-12H2,1H3,(H,22,24). The first kappa shape index (κ1) is 17.2. The molecule has 0 bridgehead atoms. The van der Waals surface area contributed by atoms with E-state index in [1.807, 2.05) is 42.2 Å². The molecule has 4 rings (SSSR count). The van der Waals surface area contributed by atoms with Crippen LogP contribution >= 0.6 is 0 Å². The van der Waals surface area contributed by atoms with E-state index in [0.717, 1.165) is 36.8 Å². The van der Waals surface area contributed by atoms with Crippen molar-refractivity contribution >= 4 is 16.8 Å². The summed E-state index contributed by atoms with van der Waals surface area (Å²) in [4.78, 5) is 30.1. The molecule has 1 aromatic carbocycles. The number of aromatic amines is 1. The van der Waals surface area contributed by atoms with Gasteiger partial charge in [-0.1, -0.05) is 18.2 Å². The fraction of sp³-hybridized carbons (Fsp3) is 0.500. The van der Waals surface area contributed by atoms with Gasteiger partial charge in [0, 0.05) is 37.3 Å². The Kier molecular flexibility index (Phi) is 4.78. The van der Waals surface area contributed by atoms with Gasteiger partial charge >= 0.3 is 0 Å². The summed E-state index contributed by atoms with van der Waals surface area (Å²) in [7, 11) is 0. The van der Waals surface area contributed by atoms with E-state index in [1.54, 1.807) is 0 Å². The van der Waals surface area contributed by atoms with Crippen LogP contribution in [0.4, 0.5) is 0 Å². The normalized spacial score (nSPS) is 20.1. The number of hydrogen-bond acceptors (Lipinski definition) is 4. The van der Waals surface area contributed by atoms with Crippen molar-refractivity contribution in [3.8, 4) is 0 Å². The van der Waals surface area contributed by atoms with Gasteiger partial charge in [0.15, 0.2) is 0 Å². The average Bonchev–Trinajstić information content (AvgIpc) is 2.63. The molecule has 3 heterocycles. The monoisotopic (exact) mass is 355 g/mol. The highest BCUT2D eigenvalue weighted by Gasteiger charge is 2.30. The molecule has 1 atom stereocenters. The highest BCUT2D eigenvalue weighted by atomic mass is 16.5. The number of likely N-dealkylation sites (tertiary alicyclic amines) is 1. The van der Waals surface area contributed by atoms with E-state index >= 15 is 0 Å². The highest BCUT2D eigenvalue weighted by Crippen LogP contribution is 2.22. The second kappa shape index (κ2) is 7.21. The van der Waals surface area contributed by atoms with Crippen LogP contribution in [0.2, 0.25) is 0 Å². The van der Waals surface area contributed by atoms with E-state index in [-0.39, 0.29) is 17.6 Å². The summed E-state index contributed by atoms with van der Waals surface area (Å²) in [6.07, 6.45) is 2.30. The van der Waals surface area contributed by atoms with E-state index in [0.29, 0.717) is 24.8 Å². The van der Waals surface area contributed by atoms with Crippen molar-refractivity contribution < 1.29 is 9.53 Å². The molecule has 1 amide bonds. The van der Waals surface area contributed by atoms with Gasteiger partial charge in [0.1, 0.15) is 0 Å². The van der Waals surface area contributed by atoms with Crippen molar-refractivity contribution in [1.29, 1.82) is 0 Å². The van der Waals surface area contributed by atoms with E-state index in [2.05, 4.69) is 10.3 Å². The maximum atomic E-state index is 12.9. The molecule has 1 aromatic heterocycles. The molecule has 2 aromatic rings. The summed E-state index contributed by atoms with van der Waals surface area (Å²) >= 11 is 0. The minimum absolute atomic E-state index is 0.0227. The third kappa shape index (κ3) is 3.39. The summed E-state index contributed by atoms with van der Waals surface area (Å²) in [6, 6.07) is 9.48. The molecule has 6 nitrogen and oxygen atoms in total. The van der Waals surface area contributed by atoms with Crippen LogP contribution in [-0.2, 0) is 9.53 Å². The number of amides is 1. The number of para-hydroxylation sites is 1. The Morgan fingerprint density at radius 2 is 1.92 bits per heavy atom. The van der Waals surface area contributed by atoms with Gasteiger partial charge in [-0.2, -0.15) is 0 Å². The predicted molar refractivity (Wildman–Crippen MR) is 100 cm³/mol. The van der Waals surface area contributed by atoms with Crippen LogP contribution in [0, 0.1) is 0 Å². The summed E-state index contributed by atoms with van der Waals surface area (Å²) in [5, 5.41) is 4.15. The van der Waals surface area contributed by atoms with E-state index in [9.17, 15) is 9.59 Å². The van der Waals surface area contributed by atoms with Gasteiger partial charge in [-0.15, -0.1) is 0 Å². The molecule has 2 saturated heterocycles. The fourth-order valence-corrected chi connectivity index (χ4v) is 3.74. The van der Waals surface area contributed by atoms with Crippen molar-refractivity contribution in [2.24, 2.45) is 0 Å². The zero-order valence-corrected chi connectivity index (χ0v) is 15.0. The topological polar surface area (TPSA) is 74.4 Å². The van der Waals surface area contributed by atoms with Gasteiger partial charge in [-0.05, 0) is 37.3 Å². The lowest BCUT2D eigenvalue weighted by Gasteiger charge is -2.37. The van der Waals surface area contributed by atoms with Gasteiger partial charge in [0.25, 0.3) is 5.56 Å². The second-order valence-electron chi connectivity index (χ2n) is 7.30. The molecule has 1 unspecified atom stereocenters. The molecule has 2 aliphatic rings. The SMILES string of the molecule is CC(C(=O)N1CCC(OC2CNC2)CC1)c1cc2ccccc2[nH]c1=O. The van der Waals surface area contributed by atoms with Crippen LogP contribution in [0.15, 0.2) is 35.1 Å². The van der Waals surface area contributed by atoms with Crippen LogP contribution in [0.5, 0.6) is 0 Å². The molecule has 138 valence electrons. The van der Waals surface area contributed by atoms with Crippen molar-refractivity contribution in [3.63, 3.8) is 0 Å². The summed E-state index contributed by atoms with van der Waals surface area (Å²) in [5.41, 5.74) is 1.15. The number of carbonyl (C=O) groups is 1. The lowest BCUT2D eigenvalue weighted by molar-refractivity contribution is -0.136. The fourth-order valence-electron chi connectivity index (χ4n) is 3.74. The zero-order chi connectivity index (χ0) is 18.1. The van der Waals surface area contributed by atoms with E-state index in [4.69, 9.17) is 4.74 Å². The van der Waals surface area contributed by atoms with Crippen molar-refractivity contribution in [1.82, 2.24) is 15.2 Å². The number of rotatable bonds is 4. The molecule has 6 heteroatoms. The van der Waals surface area contributed by atoms with Gasteiger partial charge < -0.3 is 19.9 Å². The maximum Gasteiger partial charge on any atom is 0.252 e. The van der Waals surface area contributed by atoms with Crippen LogP contribution in [0.1, 0.15) is 31.2 Å². The number of piperidine rings is 1. The Hall–Kier alpha value is -2.18. The van der Waals surface area contributed by atoms with Crippen molar-refractivity contribution in [2.75, 3.05) is 26.2 Å². The van der Waals surface area contributed by atoms with Crippen LogP contribution in [0.3, 0.4) is 0 Å². The molecular weight excluding hydrogens is 330 g/mol. The Balaban J connectivity index is 1.43. The number of aromatic nitrogens is 1. The Morgan fingerprint density at radius 1 is 1.19 bits per heavy atom. The zero-order valence-electron chi connectivity index (χ0n) is 15.0. The summed E-state index contributed by atoms with van der Waals surface area (Å²) in [6.45, 7) is 5.07. The Labute approximate surface area is 152 Å². The lowest BCUT2D eigenvalue weighted by atomic mass is 9.97. The predicted octanol–water partition coefficient (Wildman–Crippen LogP) is 1.61. The van der Waals surface area contributed by atoms with Crippen molar-refractivity contribution in [2.45, 2.75) is 37.9 Å². The largest absolute Gasteiger partial charge is 0.372 e. The Bertz CT molecular complexity index is 851. The van der Waals surface area contributed by atoms with E-state index in [1.165, 1.54) is 0 Å². The molecule has 0 saturated carbocycles. The Morgan fingerprint density at radius 3 is 2.62 bits per heavy atom.